The van der Waals surface area contributed by atoms with Crippen molar-refractivity contribution in [1.29, 1.82) is 0 Å². The van der Waals surface area contributed by atoms with Crippen LogP contribution in [-0.4, -0.2) is 28.5 Å². The average molecular weight is 314 g/mol. The van der Waals surface area contributed by atoms with E-state index in [1.54, 1.807) is 13.0 Å². The summed E-state index contributed by atoms with van der Waals surface area (Å²) in [5.41, 5.74) is 4.54. The first-order valence-corrected chi connectivity index (χ1v) is 9.31. The quantitative estimate of drug-likeness (QED) is 0.312. The van der Waals surface area contributed by atoms with E-state index in [0.717, 1.165) is 12.8 Å². The Bertz CT molecular complexity index is 264. The summed E-state index contributed by atoms with van der Waals surface area (Å²) < 4.78 is 0. The molecule has 0 spiro atoms. The van der Waals surface area contributed by atoms with Crippen LogP contribution in [0.1, 0.15) is 90.9 Å². The molecule has 0 aromatic heterocycles. The molecule has 2 atom stereocenters. The molecule has 0 fully saturated rings. The second kappa shape index (κ2) is 14.2. The van der Waals surface area contributed by atoms with Gasteiger partial charge >= 0.3 is 0 Å². The molecule has 0 saturated heterocycles. The Hall–Kier alpha value is -0.380. The summed E-state index contributed by atoms with van der Waals surface area (Å²) >= 11 is 0. The van der Waals surface area contributed by atoms with Crippen LogP contribution in [0.4, 0.5) is 0 Å². The van der Waals surface area contributed by atoms with E-state index in [2.05, 4.69) is 6.92 Å². The number of nitrogens with two attached hydrogens (primary N) is 1. The number of rotatable bonds is 15. The molecule has 0 radical (unpaired) electrons. The molecule has 0 saturated carbocycles. The standard InChI is InChI=1S/C19H39NO2/c1-3-4-5-6-7-8-9-10-11-12-13-14-15-16-19(2,22)18(20)17-21/h15-16,18,21-22H,3-14,17,20H2,1-2H3/b16-15-/t18-,19+/m0/s1. The van der Waals surface area contributed by atoms with Crippen LogP contribution in [0.25, 0.3) is 0 Å². The zero-order valence-corrected chi connectivity index (χ0v) is 14.9. The first kappa shape index (κ1) is 21.6. The van der Waals surface area contributed by atoms with Gasteiger partial charge in [-0.3, -0.25) is 0 Å². The normalized spacial score (nSPS) is 16.0. The zero-order chi connectivity index (χ0) is 16.7. The number of aliphatic hydroxyl groups is 2. The Kier molecular flexibility index (Phi) is 14.0. The molecule has 3 heteroatoms. The first-order valence-electron chi connectivity index (χ1n) is 9.31. The molecule has 22 heavy (non-hydrogen) atoms. The fourth-order valence-corrected chi connectivity index (χ4v) is 2.56. The second-order valence-electron chi connectivity index (χ2n) is 6.74. The Morgan fingerprint density at radius 1 is 0.909 bits per heavy atom. The van der Waals surface area contributed by atoms with Gasteiger partial charge in [0.25, 0.3) is 0 Å². The van der Waals surface area contributed by atoms with E-state index in [4.69, 9.17) is 10.8 Å². The van der Waals surface area contributed by atoms with E-state index >= 15 is 0 Å². The van der Waals surface area contributed by atoms with E-state index in [-0.39, 0.29) is 6.61 Å². The van der Waals surface area contributed by atoms with Crippen molar-refractivity contribution < 1.29 is 10.2 Å². The molecule has 0 unspecified atom stereocenters. The van der Waals surface area contributed by atoms with Gasteiger partial charge in [0.05, 0.1) is 18.2 Å². The van der Waals surface area contributed by atoms with Crippen molar-refractivity contribution in [2.45, 2.75) is 103 Å². The van der Waals surface area contributed by atoms with E-state index in [1.807, 2.05) is 6.08 Å². The van der Waals surface area contributed by atoms with E-state index < -0.39 is 11.6 Å². The number of allylic oxidation sites excluding steroid dienone is 1. The van der Waals surface area contributed by atoms with Crippen LogP contribution in [0.2, 0.25) is 0 Å². The zero-order valence-electron chi connectivity index (χ0n) is 14.9. The molecule has 0 aromatic carbocycles. The SMILES string of the molecule is CCCCCCCCCCCCC/C=C\[C@@](C)(O)[C@@H](N)CO. The number of hydrogen-bond acceptors (Lipinski definition) is 3. The van der Waals surface area contributed by atoms with Gasteiger partial charge in [0.15, 0.2) is 0 Å². The van der Waals surface area contributed by atoms with Crippen LogP contribution in [-0.2, 0) is 0 Å². The van der Waals surface area contributed by atoms with Gasteiger partial charge in [0.1, 0.15) is 0 Å². The average Bonchev–Trinajstić information content (AvgIpc) is 2.50. The molecule has 0 aliphatic heterocycles. The molecule has 0 aliphatic carbocycles. The highest BCUT2D eigenvalue weighted by atomic mass is 16.3. The third-order valence-corrected chi connectivity index (χ3v) is 4.38. The van der Waals surface area contributed by atoms with Gasteiger partial charge in [-0.15, -0.1) is 0 Å². The molecule has 132 valence electrons. The van der Waals surface area contributed by atoms with Crippen LogP contribution in [0.15, 0.2) is 12.2 Å². The van der Waals surface area contributed by atoms with Crippen LogP contribution in [0, 0.1) is 0 Å². The van der Waals surface area contributed by atoms with Crippen LogP contribution >= 0.6 is 0 Å². The molecule has 0 aliphatic rings. The monoisotopic (exact) mass is 313 g/mol. The minimum absolute atomic E-state index is 0.199. The summed E-state index contributed by atoms with van der Waals surface area (Å²) in [5.74, 6) is 0. The summed E-state index contributed by atoms with van der Waals surface area (Å²) in [4.78, 5) is 0. The fourth-order valence-electron chi connectivity index (χ4n) is 2.56. The van der Waals surface area contributed by atoms with Gasteiger partial charge in [0, 0.05) is 0 Å². The Labute approximate surface area is 138 Å². The predicted molar refractivity (Wildman–Crippen MR) is 95.9 cm³/mol. The topological polar surface area (TPSA) is 66.5 Å². The second-order valence-corrected chi connectivity index (χ2v) is 6.74. The lowest BCUT2D eigenvalue weighted by Crippen LogP contribution is -2.46. The lowest BCUT2D eigenvalue weighted by molar-refractivity contribution is 0.0560. The molecule has 0 bridgehead atoms. The molecule has 4 N–H and O–H groups in total. The van der Waals surface area contributed by atoms with Gasteiger partial charge in [-0.25, -0.2) is 0 Å². The van der Waals surface area contributed by atoms with Crippen molar-refractivity contribution >= 4 is 0 Å². The highest BCUT2D eigenvalue weighted by molar-refractivity contribution is 5.03. The molecule has 0 heterocycles. The Morgan fingerprint density at radius 2 is 1.36 bits per heavy atom. The third kappa shape index (κ3) is 12.2. The van der Waals surface area contributed by atoms with E-state index in [1.165, 1.54) is 64.2 Å². The molecular formula is C19H39NO2. The Balaban J connectivity index is 3.36. The highest BCUT2D eigenvalue weighted by Crippen LogP contribution is 2.13. The maximum Gasteiger partial charge on any atom is 0.0972 e. The van der Waals surface area contributed by atoms with Crippen molar-refractivity contribution in [3.63, 3.8) is 0 Å². The first-order chi connectivity index (χ1) is 10.5. The third-order valence-electron chi connectivity index (χ3n) is 4.38. The van der Waals surface area contributed by atoms with Crippen molar-refractivity contribution in [3.8, 4) is 0 Å². The number of hydrogen-bond donors (Lipinski definition) is 3. The van der Waals surface area contributed by atoms with Gasteiger partial charge in [-0.1, -0.05) is 83.3 Å². The largest absolute Gasteiger partial charge is 0.395 e. The van der Waals surface area contributed by atoms with E-state index in [0.29, 0.717) is 0 Å². The van der Waals surface area contributed by atoms with Crippen molar-refractivity contribution in [3.05, 3.63) is 12.2 Å². The fraction of sp³-hybridized carbons (Fsp3) is 0.895. The highest BCUT2D eigenvalue weighted by Gasteiger charge is 2.24. The number of aliphatic hydroxyl groups excluding tert-OH is 1. The lowest BCUT2D eigenvalue weighted by atomic mass is 9.96. The van der Waals surface area contributed by atoms with Crippen LogP contribution < -0.4 is 5.73 Å². The minimum atomic E-state index is -1.10. The summed E-state index contributed by atoms with van der Waals surface area (Å²) in [6.45, 7) is 3.71. The van der Waals surface area contributed by atoms with E-state index in [9.17, 15) is 5.11 Å². The molecule has 0 aromatic rings. The maximum atomic E-state index is 9.99. The minimum Gasteiger partial charge on any atom is -0.395 e. The van der Waals surface area contributed by atoms with Gasteiger partial charge in [-0.05, 0) is 19.8 Å². The van der Waals surface area contributed by atoms with Gasteiger partial charge in [0.2, 0.25) is 0 Å². The smallest absolute Gasteiger partial charge is 0.0972 e. The lowest BCUT2D eigenvalue weighted by Gasteiger charge is -2.25. The summed E-state index contributed by atoms with van der Waals surface area (Å²) in [6, 6.07) is -0.610. The molecular weight excluding hydrogens is 274 g/mol. The number of unbranched alkanes of at least 4 members (excludes halogenated alkanes) is 11. The molecule has 0 amide bonds. The van der Waals surface area contributed by atoms with Crippen LogP contribution in [0.5, 0.6) is 0 Å². The van der Waals surface area contributed by atoms with Gasteiger partial charge < -0.3 is 15.9 Å². The van der Waals surface area contributed by atoms with Crippen molar-refractivity contribution in [2.24, 2.45) is 5.73 Å². The summed E-state index contributed by atoms with van der Waals surface area (Å²) in [6.07, 6.45) is 19.5. The molecule has 3 nitrogen and oxygen atoms in total. The summed E-state index contributed by atoms with van der Waals surface area (Å²) in [5, 5.41) is 18.9. The van der Waals surface area contributed by atoms with Crippen LogP contribution in [0.3, 0.4) is 0 Å². The van der Waals surface area contributed by atoms with Gasteiger partial charge in [-0.2, -0.15) is 0 Å². The Morgan fingerprint density at radius 3 is 1.82 bits per heavy atom. The maximum absolute atomic E-state index is 9.99. The predicted octanol–water partition coefficient (Wildman–Crippen LogP) is 4.31. The van der Waals surface area contributed by atoms with Crippen molar-refractivity contribution in [2.75, 3.05) is 6.61 Å². The summed E-state index contributed by atoms with van der Waals surface area (Å²) in [7, 11) is 0. The molecule has 0 rings (SSSR count). The van der Waals surface area contributed by atoms with Crippen molar-refractivity contribution in [1.82, 2.24) is 0 Å².